The lowest BCUT2D eigenvalue weighted by Crippen LogP contribution is -2.16. The van der Waals surface area contributed by atoms with E-state index in [1.807, 2.05) is 25.1 Å². The molecule has 0 saturated heterocycles. The highest BCUT2D eigenvalue weighted by Crippen LogP contribution is 2.26. The summed E-state index contributed by atoms with van der Waals surface area (Å²) in [4.78, 5) is 24.1. The highest BCUT2D eigenvalue weighted by Gasteiger charge is 2.13. The van der Waals surface area contributed by atoms with Crippen molar-refractivity contribution >= 4 is 33.5 Å². The first-order chi connectivity index (χ1) is 12.5. The van der Waals surface area contributed by atoms with Crippen molar-refractivity contribution in [2.24, 2.45) is 0 Å². The molecule has 0 saturated carbocycles. The first kappa shape index (κ1) is 20.0. The van der Waals surface area contributed by atoms with Crippen LogP contribution in [0.5, 0.6) is 5.75 Å². The molecule has 0 aliphatic heterocycles. The van der Waals surface area contributed by atoms with Gasteiger partial charge in [-0.05, 0) is 66.0 Å². The van der Waals surface area contributed by atoms with E-state index >= 15 is 0 Å². The maximum atomic E-state index is 12.1. The number of rotatable bonds is 8. The number of aryl methyl sites for hydroxylation is 1. The van der Waals surface area contributed by atoms with Gasteiger partial charge in [0.2, 0.25) is 5.91 Å². The highest BCUT2D eigenvalue weighted by molar-refractivity contribution is 9.10. The smallest absolute Gasteiger partial charge is 0.340 e. The maximum absolute atomic E-state index is 12.1. The summed E-state index contributed by atoms with van der Waals surface area (Å²) in [5, 5.41) is 2.76. The van der Waals surface area contributed by atoms with Gasteiger partial charge in [-0.2, -0.15) is 0 Å². The molecule has 0 radical (unpaired) electrons. The lowest BCUT2D eigenvalue weighted by molar-refractivity contribution is -0.116. The minimum atomic E-state index is -0.448. The molecular weight excluding hydrogens is 398 g/mol. The quantitative estimate of drug-likeness (QED) is 0.495. The van der Waals surface area contributed by atoms with E-state index in [-0.39, 0.29) is 12.5 Å². The predicted molar refractivity (Wildman–Crippen MR) is 105 cm³/mol. The van der Waals surface area contributed by atoms with Gasteiger partial charge in [-0.15, -0.1) is 0 Å². The molecule has 0 aliphatic rings. The lowest BCUT2D eigenvalue weighted by Gasteiger charge is -2.11. The van der Waals surface area contributed by atoms with Gasteiger partial charge in [0.1, 0.15) is 5.75 Å². The minimum absolute atomic E-state index is 0.173. The Morgan fingerprint density at radius 1 is 1.15 bits per heavy atom. The molecule has 0 unspecified atom stereocenters. The second-order valence-electron chi connectivity index (χ2n) is 5.70. The molecule has 1 amide bonds. The van der Waals surface area contributed by atoms with Crippen molar-refractivity contribution in [2.75, 3.05) is 18.5 Å². The Morgan fingerprint density at radius 2 is 1.92 bits per heavy atom. The summed E-state index contributed by atoms with van der Waals surface area (Å²) in [5.74, 6) is 0.132. The van der Waals surface area contributed by atoms with E-state index in [2.05, 4.69) is 21.2 Å². The third-order valence-corrected chi connectivity index (χ3v) is 4.21. The molecule has 0 bridgehead atoms. The number of benzene rings is 2. The number of carbonyl (C=O) groups is 2. The molecule has 0 fully saturated rings. The standard InChI is InChI=1S/C20H22BrNO4/c1-3-25-20(24)15-7-4-5-8-17(15)22-19(23)9-6-12-26-18-11-10-14(2)13-16(18)21/h4-5,7-8,10-11,13H,3,6,9,12H2,1-2H3,(H,22,23). The Labute approximate surface area is 161 Å². The summed E-state index contributed by atoms with van der Waals surface area (Å²) >= 11 is 3.46. The van der Waals surface area contributed by atoms with Crippen molar-refractivity contribution in [1.82, 2.24) is 0 Å². The van der Waals surface area contributed by atoms with Crippen LogP contribution in [0.15, 0.2) is 46.9 Å². The van der Waals surface area contributed by atoms with Crippen molar-refractivity contribution in [3.63, 3.8) is 0 Å². The van der Waals surface area contributed by atoms with Crippen LogP contribution < -0.4 is 10.1 Å². The SMILES string of the molecule is CCOC(=O)c1ccccc1NC(=O)CCCOc1ccc(C)cc1Br. The second-order valence-corrected chi connectivity index (χ2v) is 6.55. The van der Waals surface area contributed by atoms with Gasteiger partial charge >= 0.3 is 5.97 Å². The van der Waals surface area contributed by atoms with Crippen LogP contribution in [0, 0.1) is 6.92 Å². The van der Waals surface area contributed by atoms with Gasteiger partial charge in [-0.1, -0.05) is 18.2 Å². The third kappa shape index (κ3) is 5.88. The fourth-order valence-electron chi connectivity index (χ4n) is 2.33. The molecule has 5 nitrogen and oxygen atoms in total. The molecule has 0 spiro atoms. The van der Waals surface area contributed by atoms with Gasteiger partial charge in [0, 0.05) is 6.42 Å². The molecule has 26 heavy (non-hydrogen) atoms. The van der Waals surface area contributed by atoms with E-state index in [0.29, 0.717) is 30.7 Å². The predicted octanol–water partition coefficient (Wildman–Crippen LogP) is 4.73. The van der Waals surface area contributed by atoms with Crippen LogP contribution in [-0.2, 0) is 9.53 Å². The minimum Gasteiger partial charge on any atom is -0.492 e. The van der Waals surface area contributed by atoms with Crippen molar-refractivity contribution in [1.29, 1.82) is 0 Å². The summed E-state index contributed by atoms with van der Waals surface area (Å²) in [6.07, 6.45) is 0.856. The first-order valence-electron chi connectivity index (χ1n) is 8.46. The number of nitrogens with one attached hydrogen (secondary N) is 1. The second kappa shape index (κ2) is 9.97. The molecule has 0 heterocycles. The van der Waals surface area contributed by atoms with Crippen molar-refractivity contribution in [3.05, 3.63) is 58.1 Å². The molecule has 0 aromatic heterocycles. The van der Waals surface area contributed by atoms with Crippen LogP contribution in [0.2, 0.25) is 0 Å². The topological polar surface area (TPSA) is 64.6 Å². The van der Waals surface area contributed by atoms with Gasteiger partial charge in [-0.3, -0.25) is 4.79 Å². The molecule has 1 N–H and O–H groups in total. The van der Waals surface area contributed by atoms with Crippen LogP contribution in [0.3, 0.4) is 0 Å². The number of hydrogen-bond acceptors (Lipinski definition) is 4. The summed E-state index contributed by atoms with van der Waals surface area (Å²) < 4.78 is 11.6. The summed E-state index contributed by atoms with van der Waals surface area (Å²) in [6, 6.07) is 12.7. The Kier molecular flexibility index (Phi) is 7.66. The molecule has 2 aromatic rings. The number of esters is 1. The van der Waals surface area contributed by atoms with E-state index in [9.17, 15) is 9.59 Å². The Morgan fingerprint density at radius 3 is 2.65 bits per heavy atom. The molecule has 6 heteroatoms. The fraction of sp³-hybridized carbons (Fsp3) is 0.300. The molecule has 2 aromatic carbocycles. The number of carbonyl (C=O) groups excluding carboxylic acids is 2. The lowest BCUT2D eigenvalue weighted by atomic mass is 10.1. The molecule has 0 atom stereocenters. The molecule has 0 aliphatic carbocycles. The van der Waals surface area contributed by atoms with Crippen molar-refractivity contribution < 1.29 is 19.1 Å². The van der Waals surface area contributed by atoms with Gasteiger partial charge in [-0.25, -0.2) is 4.79 Å². The van der Waals surface area contributed by atoms with Crippen LogP contribution >= 0.6 is 15.9 Å². The van der Waals surface area contributed by atoms with Gasteiger partial charge < -0.3 is 14.8 Å². The normalized spacial score (nSPS) is 10.3. The zero-order chi connectivity index (χ0) is 18.9. The van der Waals surface area contributed by atoms with E-state index in [1.165, 1.54) is 0 Å². The Balaban J connectivity index is 1.83. The zero-order valence-electron chi connectivity index (χ0n) is 14.9. The van der Waals surface area contributed by atoms with E-state index < -0.39 is 5.97 Å². The number of para-hydroxylation sites is 1. The zero-order valence-corrected chi connectivity index (χ0v) is 16.5. The van der Waals surface area contributed by atoms with E-state index in [4.69, 9.17) is 9.47 Å². The molecular formula is C20H22BrNO4. The average molecular weight is 420 g/mol. The van der Waals surface area contributed by atoms with E-state index in [0.717, 1.165) is 15.8 Å². The van der Waals surface area contributed by atoms with Crippen LogP contribution in [0.25, 0.3) is 0 Å². The first-order valence-corrected chi connectivity index (χ1v) is 9.25. The monoisotopic (exact) mass is 419 g/mol. The summed E-state index contributed by atoms with van der Waals surface area (Å²) in [7, 11) is 0. The average Bonchev–Trinajstić information content (AvgIpc) is 2.61. The number of halogens is 1. The third-order valence-electron chi connectivity index (χ3n) is 3.59. The van der Waals surface area contributed by atoms with Crippen molar-refractivity contribution in [3.8, 4) is 5.75 Å². The maximum Gasteiger partial charge on any atom is 0.340 e. The van der Waals surface area contributed by atoms with Gasteiger partial charge in [0.25, 0.3) is 0 Å². The molecule has 138 valence electrons. The van der Waals surface area contributed by atoms with Crippen LogP contribution in [0.4, 0.5) is 5.69 Å². The highest BCUT2D eigenvalue weighted by atomic mass is 79.9. The van der Waals surface area contributed by atoms with Gasteiger partial charge in [0.05, 0.1) is 28.9 Å². The number of hydrogen-bond donors (Lipinski definition) is 1. The summed E-state index contributed by atoms with van der Waals surface area (Å²) in [5.41, 5.74) is 1.95. The Bertz CT molecular complexity index is 776. The number of amides is 1. The van der Waals surface area contributed by atoms with Crippen LogP contribution in [0.1, 0.15) is 35.7 Å². The summed E-state index contributed by atoms with van der Waals surface area (Å²) in [6.45, 7) is 4.46. The Hall–Kier alpha value is -2.34. The number of anilines is 1. The largest absolute Gasteiger partial charge is 0.492 e. The van der Waals surface area contributed by atoms with Gasteiger partial charge in [0.15, 0.2) is 0 Å². The van der Waals surface area contributed by atoms with Crippen molar-refractivity contribution in [2.45, 2.75) is 26.7 Å². The van der Waals surface area contributed by atoms with Crippen LogP contribution in [-0.4, -0.2) is 25.1 Å². The fourth-order valence-corrected chi connectivity index (χ4v) is 2.94. The number of ether oxygens (including phenoxy) is 2. The molecule has 2 rings (SSSR count). The van der Waals surface area contributed by atoms with E-state index in [1.54, 1.807) is 31.2 Å².